The standard InChI is InChI=1S/C23H24ClN5O3/c1-15-20(21(24)29(28-15)18-6-3-2-4-7-18)22(30)26-16-9-11-17(12-10-16)27-23(31)25-14-19-8-5-13-32-19/h2-4,6-7,9-12,19H,5,8,13-14H2,1H3,(H,26,30)(H2,25,27,31). The van der Waals surface area contributed by atoms with Gasteiger partial charge in [-0.1, -0.05) is 29.8 Å². The molecule has 1 unspecified atom stereocenters. The van der Waals surface area contributed by atoms with Crippen molar-refractivity contribution in [2.45, 2.75) is 25.9 Å². The van der Waals surface area contributed by atoms with Gasteiger partial charge >= 0.3 is 6.03 Å². The monoisotopic (exact) mass is 453 g/mol. The summed E-state index contributed by atoms with van der Waals surface area (Å²) in [4.78, 5) is 24.9. The van der Waals surface area contributed by atoms with E-state index >= 15 is 0 Å². The molecule has 4 rings (SSSR count). The average molecular weight is 454 g/mol. The van der Waals surface area contributed by atoms with E-state index in [4.69, 9.17) is 16.3 Å². The summed E-state index contributed by atoms with van der Waals surface area (Å²) in [5.41, 5.74) is 2.79. The van der Waals surface area contributed by atoms with Crippen molar-refractivity contribution in [3.63, 3.8) is 0 Å². The molecule has 0 radical (unpaired) electrons. The highest BCUT2D eigenvalue weighted by atomic mass is 35.5. The number of para-hydroxylation sites is 1. The molecule has 9 heteroatoms. The molecule has 3 aromatic rings. The molecule has 1 aromatic heterocycles. The molecule has 166 valence electrons. The number of ether oxygens (including phenoxy) is 1. The first kappa shape index (κ1) is 21.9. The molecule has 1 fully saturated rings. The first-order valence-corrected chi connectivity index (χ1v) is 10.8. The topological polar surface area (TPSA) is 97.3 Å². The van der Waals surface area contributed by atoms with E-state index in [9.17, 15) is 9.59 Å². The number of anilines is 2. The Balaban J connectivity index is 1.37. The van der Waals surface area contributed by atoms with Gasteiger partial charge in [0.25, 0.3) is 5.91 Å². The Morgan fingerprint density at radius 2 is 1.78 bits per heavy atom. The zero-order valence-corrected chi connectivity index (χ0v) is 18.4. The lowest BCUT2D eigenvalue weighted by atomic mass is 10.2. The summed E-state index contributed by atoms with van der Waals surface area (Å²) in [7, 11) is 0. The van der Waals surface area contributed by atoms with Crippen molar-refractivity contribution in [3.05, 3.63) is 71.0 Å². The number of nitrogens with zero attached hydrogens (tertiary/aromatic N) is 2. The number of aromatic nitrogens is 2. The van der Waals surface area contributed by atoms with E-state index in [1.165, 1.54) is 4.68 Å². The number of hydrogen-bond donors (Lipinski definition) is 3. The van der Waals surface area contributed by atoms with Gasteiger partial charge < -0.3 is 20.7 Å². The zero-order chi connectivity index (χ0) is 22.5. The highest BCUT2D eigenvalue weighted by Gasteiger charge is 2.21. The molecule has 1 aliphatic heterocycles. The number of amides is 3. The highest BCUT2D eigenvalue weighted by molar-refractivity contribution is 6.34. The van der Waals surface area contributed by atoms with E-state index in [1.54, 1.807) is 31.2 Å². The highest BCUT2D eigenvalue weighted by Crippen LogP contribution is 2.25. The number of carbonyl (C=O) groups is 2. The Hall–Kier alpha value is -3.36. The SMILES string of the molecule is Cc1nn(-c2ccccc2)c(Cl)c1C(=O)Nc1ccc(NC(=O)NCC2CCCO2)cc1. The Morgan fingerprint density at radius 3 is 2.44 bits per heavy atom. The van der Waals surface area contributed by atoms with Crippen molar-refractivity contribution >= 4 is 34.9 Å². The largest absolute Gasteiger partial charge is 0.376 e. The summed E-state index contributed by atoms with van der Waals surface area (Å²) in [6.07, 6.45) is 2.07. The molecule has 1 atom stereocenters. The van der Waals surface area contributed by atoms with Crippen LogP contribution in [-0.4, -0.2) is 41.0 Å². The van der Waals surface area contributed by atoms with Gasteiger partial charge in [0, 0.05) is 24.5 Å². The number of nitrogens with one attached hydrogen (secondary N) is 3. The number of carbonyl (C=O) groups excluding carboxylic acids is 2. The van der Waals surface area contributed by atoms with Gasteiger partial charge in [-0.15, -0.1) is 0 Å². The minimum Gasteiger partial charge on any atom is -0.376 e. The Morgan fingerprint density at radius 1 is 1.09 bits per heavy atom. The van der Waals surface area contributed by atoms with Crippen LogP contribution < -0.4 is 16.0 Å². The maximum atomic E-state index is 12.8. The summed E-state index contributed by atoms with van der Waals surface area (Å²) in [5.74, 6) is -0.357. The van der Waals surface area contributed by atoms with Crippen LogP contribution in [-0.2, 0) is 4.74 Å². The minimum absolute atomic E-state index is 0.0832. The molecular formula is C23H24ClN5O3. The number of urea groups is 1. The molecule has 2 aromatic carbocycles. The predicted octanol–water partition coefficient (Wildman–Crippen LogP) is 4.39. The second kappa shape index (κ2) is 9.84. The van der Waals surface area contributed by atoms with E-state index in [1.807, 2.05) is 30.3 Å². The number of rotatable bonds is 6. The smallest absolute Gasteiger partial charge is 0.319 e. The van der Waals surface area contributed by atoms with E-state index in [0.29, 0.717) is 29.2 Å². The normalized spacial score (nSPS) is 15.4. The Bertz CT molecular complexity index is 1090. The lowest BCUT2D eigenvalue weighted by Crippen LogP contribution is -2.35. The molecule has 3 N–H and O–H groups in total. The van der Waals surface area contributed by atoms with Gasteiger partial charge in [-0.05, 0) is 56.2 Å². The number of hydrogen-bond acceptors (Lipinski definition) is 4. The summed E-state index contributed by atoms with van der Waals surface area (Å²) < 4.78 is 7.02. The zero-order valence-electron chi connectivity index (χ0n) is 17.6. The molecule has 32 heavy (non-hydrogen) atoms. The van der Waals surface area contributed by atoms with Crippen molar-refractivity contribution in [2.75, 3.05) is 23.8 Å². The third-order valence-corrected chi connectivity index (χ3v) is 5.50. The van der Waals surface area contributed by atoms with Crippen LogP contribution in [0.15, 0.2) is 54.6 Å². The van der Waals surface area contributed by atoms with Gasteiger partial charge in [-0.25, -0.2) is 9.48 Å². The number of aryl methyl sites for hydroxylation is 1. The van der Waals surface area contributed by atoms with Crippen LogP contribution in [0.2, 0.25) is 5.15 Å². The number of halogens is 1. The van der Waals surface area contributed by atoms with Gasteiger partial charge in [-0.3, -0.25) is 4.79 Å². The molecule has 3 amide bonds. The summed E-state index contributed by atoms with van der Waals surface area (Å²) in [6, 6.07) is 15.9. The van der Waals surface area contributed by atoms with Crippen molar-refractivity contribution in [3.8, 4) is 5.69 Å². The Labute approximate surface area is 190 Å². The molecule has 0 saturated carbocycles. The fraction of sp³-hybridized carbons (Fsp3) is 0.261. The maximum Gasteiger partial charge on any atom is 0.319 e. The number of benzene rings is 2. The van der Waals surface area contributed by atoms with Crippen molar-refractivity contribution < 1.29 is 14.3 Å². The summed E-state index contributed by atoms with van der Waals surface area (Å²) in [6.45, 7) is 2.97. The third-order valence-electron chi connectivity index (χ3n) is 5.15. The van der Waals surface area contributed by atoms with Gasteiger partial charge in [0.1, 0.15) is 10.7 Å². The van der Waals surface area contributed by atoms with E-state index in [-0.39, 0.29) is 23.2 Å². The molecular weight excluding hydrogens is 430 g/mol. The van der Waals surface area contributed by atoms with Crippen LogP contribution in [0.5, 0.6) is 0 Å². The average Bonchev–Trinajstić information content (AvgIpc) is 3.42. The minimum atomic E-state index is -0.357. The van der Waals surface area contributed by atoms with Crippen LogP contribution in [0.3, 0.4) is 0 Å². The molecule has 2 heterocycles. The molecule has 0 bridgehead atoms. The van der Waals surface area contributed by atoms with Crippen molar-refractivity contribution in [1.29, 1.82) is 0 Å². The van der Waals surface area contributed by atoms with Crippen LogP contribution in [0.4, 0.5) is 16.2 Å². The second-order valence-corrected chi connectivity index (χ2v) is 7.86. The molecule has 1 saturated heterocycles. The van der Waals surface area contributed by atoms with E-state index in [2.05, 4.69) is 21.0 Å². The molecule has 1 aliphatic rings. The van der Waals surface area contributed by atoms with Crippen molar-refractivity contribution in [1.82, 2.24) is 15.1 Å². The second-order valence-electron chi connectivity index (χ2n) is 7.50. The van der Waals surface area contributed by atoms with Crippen LogP contribution >= 0.6 is 11.6 Å². The first-order chi connectivity index (χ1) is 15.5. The lowest BCUT2D eigenvalue weighted by Gasteiger charge is -2.12. The van der Waals surface area contributed by atoms with Crippen LogP contribution in [0, 0.1) is 6.92 Å². The van der Waals surface area contributed by atoms with E-state index in [0.717, 1.165) is 25.1 Å². The van der Waals surface area contributed by atoms with Crippen LogP contribution in [0.1, 0.15) is 28.9 Å². The van der Waals surface area contributed by atoms with Gasteiger partial charge in [0.05, 0.1) is 17.5 Å². The summed E-state index contributed by atoms with van der Waals surface area (Å²) >= 11 is 6.46. The van der Waals surface area contributed by atoms with Crippen molar-refractivity contribution in [2.24, 2.45) is 0 Å². The summed E-state index contributed by atoms with van der Waals surface area (Å²) in [5, 5.41) is 13.0. The lowest BCUT2D eigenvalue weighted by molar-refractivity contribution is 0.102. The van der Waals surface area contributed by atoms with E-state index < -0.39 is 0 Å². The maximum absolute atomic E-state index is 12.8. The molecule has 8 nitrogen and oxygen atoms in total. The fourth-order valence-corrected chi connectivity index (χ4v) is 3.87. The predicted molar refractivity (Wildman–Crippen MR) is 124 cm³/mol. The van der Waals surface area contributed by atoms with Gasteiger partial charge in [0.2, 0.25) is 0 Å². The molecule has 0 spiro atoms. The quantitative estimate of drug-likeness (QED) is 0.515. The third kappa shape index (κ3) is 5.09. The first-order valence-electron chi connectivity index (χ1n) is 10.4. The van der Waals surface area contributed by atoms with Crippen LogP contribution in [0.25, 0.3) is 5.69 Å². The van der Waals surface area contributed by atoms with Gasteiger partial charge in [-0.2, -0.15) is 5.10 Å². The fourth-order valence-electron chi connectivity index (χ4n) is 3.51. The molecule has 0 aliphatic carbocycles. The van der Waals surface area contributed by atoms with Gasteiger partial charge in [0.15, 0.2) is 0 Å². The Kier molecular flexibility index (Phi) is 6.72.